The van der Waals surface area contributed by atoms with Crippen LogP contribution in [0.15, 0.2) is 46.8 Å². The van der Waals surface area contributed by atoms with Crippen LogP contribution in [-0.4, -0.2) is 38.2 Å². The average molecular weight is 397 g/mol. The number of carbonyl (C=O) groups excluding carboxylic acids is 2. The third-order valence-corrected chi connectivity index (χ3v) is 5.87. The smallest absolute Gasteiger partial charge is 0.336 e. The summed E-state index contributed by atoms with van der Waals surface area (Å²) in [6.07, 6.45) is 3.93. The van der Waals surface area contributed by atoms with E-state index in [2.05, 4.69) is 5.32 Å². The van der Waals surface area contributed by atoms with E-state index in [4.69, 9.17) is 14.2 Å². The Bertz CT molecular complexity index is 879. The van der Waals surface area contributed by atoms with E-state index in [0.29, 0.717) is 29.9 Å². The van der Waals surface area contributed by atoms with E-state index in [1.807, 2.05) is 31.2 Å². The summed E-state index contributed by atoms with van der Waals surface area (Å²) in [6.45, 7) is 2.81. The van der Waals surface area contributed by atoms with Gasteiger partial charge in [0.05, 0.1) is 24.7 Å². The topological polar surface area (TPSA) is 73.9 Å². The molecule has 0 bridgehead atoms. The first kappa shape index (κ1) is 19.7. The van der Waals surface area contributed by atoms with Crippen molar-refractivity contribution in [2.45, 2.75) is 51.0 Å². The highest BCUT2D eigenvalue weighted by molar-refractivity contribution is 6.04. The number of hydrogen-bond donors (Lipinski definition) is 1. The number of ketones is 1. The van der Waals surface area contributed by atoms with Crippen LogP contribution in [0.3, 0.4) is 0 Å². The molecule has 0 amide bonds. The molecule has 0 radical (unpaired) electrons. The van der Waals surface area contributed by atoms with Gasteiger partial charge in [0.25, 0.3) is 0 Å². The highest BCUT2D eigenvalue weighted by Gasteiger charge is 2.40. The van der Waals surface area contributed by atoms with E-state index in [1.54, 1.807) is 7.11 Å². The molecule has 1 aromatic rings. The maximum Gasteiger partial charge on any atom is 0.336 e. The fourth-order valence-electron chi connectivity index (χ4n) is 4.49. The number of methoxy groups -OCH3 is 1. The molecule has 1 saturated heterocycles. The van der Waals surface area contributed by atoms with E-state index in [9.17, 15) is 9.59 Å². The van der Waals surface area contributed by atoms with Crippen molar-refractivity contribution in [1.29, 1.82) is 0 Å². The summed E-state index contributed by atoms with van der Waals surface area (Å²) in [7, 11) is 1.60. The Morgan fingerprint density at radius 2 is 2.07 bits per heavy atom. The highest BCUT2D eigenvalue weighted by Crippen LogP contribution is 2.45. The van der Waals surface area contributed by atoms with Gasteiger partial charge in [-0.05, 0) is 38.7 Å². The number of para-hydroxylation sites is 1. The Morgan fingerprint density at radius 3 is 2.83 bits per heavy atom. The number of hydrogen-bond acceptors (Lipinski definition) is 6. The number of allylic oxidation sites excluding steroid dienone is 3. The van der Waals surface area contributed by atoms with Crippen LogP contribution < -0.4 is 10.1 Å². The minimum atomic E-state index is -0.493. The predicted octanol–water partition coefficient (Wildman–Crippen LogP) is 3.39. The molecule has 0 unspecified atom stereocenters. The van der Waals surface area contributed by atoms with Gasteiger partial charge in [0.15, 0.2) is 5.78 Å². The lowest BCUT2D eigenvalue weighted by Crippen LogP contribution is -2.35. The summed E-state index contributed by atoms with van der Waals surface area (Å²) in [6, 6.07) is 7.56. The standard InChI is InChI=1S/C23H27NO5/c1-14-20(23(26)29-13-15-7-6-12-28-15)21(16-8-3-4-11-19(16)27-2)22-17(24-14)9-5-10-18(22)25/h3-4,8,11,15,21,24H,5-7,9-10,12-13H2,1-2H3/t15-,21+/m0/s1. The molecule has 0 aromatic heterocycles. The van der Waals surface area contributed by atoms with Crippen LogP contribution in [-0.2, 0) is 19.1 Å². The normalized spacial score (nSPS) is 24.3. The quantitative estimate of drug-likeness (QED) is 0.768. The molecule has 0 saturated carbocycles. The zero-order valence-corrected chi connectivity index (χ0v) is 17.0. The molecular weight excluding hydrogens is 370 g/mol. The van der Waals surface area contributed by atoms with Crippen LogP contribution >= 0.6 is 0 Å². The third kappa shape index (κ3) is 3.81. The number of carbonyl (C=O) groups is 2. The minimum Gasteiger partial charge on any atom is -0.496 e. The SMILES string of the molecule is COc1ccccc1[C@@H]1C(C(=O)OC[C@@H]2CCCO2)=C(C)NC2=C1C(=O)CCC2. The van der Waals surface area contributed by atoms with Gasteiger partial charge < -0.3 is 19.5 Å². The summed E-state index contributed by atoms with van der Waals surface area (Å²) in [5.74, 6) is -0.174. The first-order valence-corrected chi connectivity index (χ1v) is 10.3. The Kier molecular flexibility index (Phi) is 5.72. The van der Waals surface area contributed by atoms with E-state index >= 15 is 0 Å². The molecule has 1 aliphatic carbocycles. The average Bonchev–Trinajstić information content (AvgIpc) is 3.25. The van der Waals surface area contributed by atoms with Crippen LogP contribution in [0.4, 0.5) is 0 Å². The number of ether oxygens (including phenoxy) is 3. The second-order valence-electron chi connectivity index (χ2n) is 7.74. The Hall–Kier alpha value is -2.60. The predicted molar refractivity (Wildman–Crippen MR) is 107 cm³/mol. The number of rotatable bonds is 5. The molecule has 3 aliphatic rings. The van der Waals surface area contributed by atoms with Gasteiger partial charge in [0, 0.05) is 35.6 Å². The van der Waals surface area contributed by atoms with Gasteiger partial charge in [0.2, 0.25) is 0 Å². The van der Waals surface area contributed by atoms with Crippen LogP contribution in [0.5, 0.6) is 5.75 Å². The van der Waals surface area contributed by atoms with Gasteiger partial charge in [-0.2, -0.15) is 0 Å². The molecule has 2 aliphatic heterocycles. The lowest BCUT2D eigenvalue weighted by Gasteiger charge is -2.34. The fraction of sp³-hybridized carbons (Fsp3) is 0.478. The van der Waals surface area contributed by atoms with E-state index in [1.165, 1.54) is 0 Å². The molecule has 4 rings (SSSR count). The lowest BCUT2D eigenvalue weighted by atomic mass is 9.75. The van der Waals surface area contributed by atoms with Crippen molar-refractivity contribution in [2.24, 2.45) is 0 Å². The van der Waals surface area contributed by atoms with Crippen LogP contribution in [0.25, 0.3) is 0 Å². The van der Waals surface area contributed by atoms with Gasteiger partial charge in [-0.25, -0.2) is 4.79 Å². The highest BCUT2D eigenvalue weighted by atomic mass is 16.6. The first-order chi connectivity index (χ1) is 14.1. The van der Waals surface area contributed by atoms with Crippen molar-refractivity contribution >= 4 is 11.8 Å². The van der Waals surface area contributed by atoms with Crippen molar-refractivity contribution < 1.29 is 23.8 Å². The number of nitrogens with one attached hydrogen (secondary N) is 1. The molecule has 154 valence electrons. The molecule has 29 heavy (non-hydrogen) atoms. The summed E-state index contributed by atoms with van der Waals surface area (Å²) < 4.78 is 16.8. The van der Waals surface area contributed by atoms with Crippen molar-refractivity contribution in [3.8, 4) is 5.75 Å². The number of Topliss-reactive ketones (excluding diaryl/α,β-unsaturated/α-hetero) is 1. The summed E-state index contributed by atoms with van der Waals surface area (Å²) in [4.78, 5) is 26.1. The van der Waals surface area contributed by atoms with E-state index < -0.39 is 11.9 Å². The van der Waals surface area contributed by atoms with E-state index in [0.717, 1.165) is 42.6 Å². The zero-order valence-electron chi connectivity index (χ0n) is 17.0. The fourth-order valence-corrected chi connectivity index (χ4v) is 4.49. The molecule has 1 N–H and O–H groups in total. The van der Waals surface area contributed by atoms with Crippen molar-refractivity contribution in [3.63, 3.8) is 0 Å². The molecule has 1 fully saturated rings. The third-order valence-electron chi connectivity index (χ3n) is 5.87. The molecule has 0 spiro atoms. The van der Waals surface area contributed by atoms with Crippen LogP contribution in [0.1, 0.15) is 50.5 Å². The number of dihydropyridines is 1. The van der Waals surface area contributed by atoms with Gasteiger partial charge >= 0.3 is 5.97 Å². The minimum absolute atomic E-state index is 0.0489. The van der Waals surface area contributed by atoms with Crippen molar-refractivity contribution in [3.05, 3.63) is 52.4 Å². The van der Waals surface area contributed by atoms with E-state index in [-0.39, 0.29) is 18.5 Å². The Balaban J connectivity index is 1.73. The second-order valence-corrected chi connectivity index (χ2v) is 7.74. The monoisotopic (exact) mass is 397 g/mol. The van der Waals surface area contributed by atoms with Crippen LogP contribution in [0, 0.1) is 0 Å². The Labute approximate surface area is 170 Å². The number of esters is 1. The summed E-state index contributed by atoms with van der Waals surface area (Å²) in [5.41, 5.74) is 3.58. The molecule has 6 heteroatoms. The maximum atomic E-state index is 13.2. The Morgan fingerprint density at radius 1 is 1.24 bits per heavy atom. The van der Waals surface area contributed by atoms with Crippen molar-refractivity contribution in [2.75, 3.05) is 20.3 Å². The van der Waals surface area contributed by atoms with Gasteiger partial charge in [-0.3, -0.25) is 4.79 Å². The maximum absolute atomic E-state index is 13.2. The molecule has 2 heterocycles. The zero-order chi connectivity index (χ0) is 20.4. The molecule has 1 aromatic carbocycles. The molecule has 6 nitrogen and oxygen atoms in total. The molecule has 2 atom stereocenters. The van der Waals surface area contributed by atoms with Crippen molar-refractivity contribution in [1.82, 2.24) is 5.32 Å². The first-order valence-electron chi connectivity index (χ1n) is 10.3. The number of benzene rings is 1. The van der Waals surface area contributed by atoms with Gasteiger partial charge in [-0.1, -0.05) is 18.2 Å². The van der Waals surface area contributed by atoms with Crippen LogP contribution in [0.2, 0.25) is 0 Å². The van der Waals surface area contributed by atoms with Gasteiger partial charge in [0.1, 0.15) is 12.4 Å². The summed E-state index contributed by atoms with van der Waals surface area (Å²) in [5, 5.41) is 3.31. The lowest BCUT2D eigenvalue weighted by molar-refractivity contribution is -0.142. The molecular formula is C23H27NO5. The second kappa shape index (κ2) is 8.41. The summed E-state index contributed by atoms with van der Waals surface area (Å²) >= 11 is 0. The largest absolute Gasteiger partial charge is 0.496 e. The van der Waals surface area contributed by atoms with Gasteiger partial charge in [-0.15, -0.1) is 0 Å².